The third-order valence-corrected chi connectivity index (χ3v) is 5.46. The summed E-state index contributed by atoms with van der Waals surface area (Å²) in [5.74, 6) is -2.10. The first-order valence-electron chi connectivity index (χ1n) is 10.6. The molecule has 0 bridgehead atoms. The first-order valence-corrected chi connectivity index (χ1v) is 10.6. The monoisotopic (exact) mass is 440 g/mol. The maximum Gasteiger partial charge on any atom is 0.407 e. The molecule has 0 saturated heterocycles. The zero-order valence-corrected chi connectivity index (χ0v) is 18.1. The van der Waals surface area contributed by atoms with Crippen molar-refractivity contribution in [1.82, 2.24) is 10.6 Å². The fourth-order valence-corrected chi connectivity index (χ4v) is 3.94. The average Bonchev–Trinajstić information content (AvgIpc) is 3.08. The molecule has 2 aromatic carbocycles. The largest absolute Gasteiger partial charge is 0.480 e. The maximum absolute atomic E-state index is 12.5. The molecule has 32 heavy (non-hydrogen) atoms. The van der Waals surface area contributed by atoms with Gasteiger partial charge in [0.1, 0.15) is 18.7 Å². The van der Waals surface area contributed by atoms with Crippen LogP contribution < -0.4 is 10.6 Å². The van der Waals surface area contributed by atoms with Gasteiger partial charge in [0, 0.05) is 5.92 Å². The number of carbonyl (C=O) groups excluding carboxylic acids is 2. The third-order valence-electron chi connectivity index (χ3n) is 5.46. The predicted octanol–water partition coefficient (Wildman–Crippen LogP) is 2.50. The number of nitrogens with one attached hydrogen (secondary N) is 2. The standard InChI is InChI=1S/C24H28N2O6/c1-14(2)11-20(22(28)25-21(12-27)23(29)30)26-24(31)32-13-19-17-9-5-3-7-15(17)16-8-4-6-10-18(16)19/h3-10,14,19-21,27H,11-13H2,1-2H3,(H,25,28)(H,26,31)(H,29,30)/t20-,21-/m1/s1. The van der Waals surface area contributed by atoms with Crippen LogP contribution >= 0.6 is 0 Å². The predicted molar refractivity (Wildman–Crippen MR) is 118 cm³/mol. The number of aliphatic hydroxyl groups excluding tert-OH is 1. The lowest BCUT2D eigenvalue weighted by Gasteiger charge is -2.22. The van der Waals surface area contributed by atoms with E-state index < -0.39 is 36.7 Å². The summed E-state index contributed by atoms with van der Waals surface area (Å²) in [6.07, 6.45) is -0.475. The molecule has 1 aliphatic rings. The SMILES string of the molecule is CC(C)C[C@@H](NC(=O)OCC1c2ccccc2-c2ccccc21)C(=O)N[C@H](CO)C(=O)O. The minimum Gasteiger partial charge on any atom is -0.480 e. The van der Waals surface area contributed by atoms with Crippen LogP contribution in [-0.2, 0) is 14.3 Å². The molecule has 0 heterocycles. The van der Waals surface area contributed by atoms with Gasteiger partial charge in [0.25, 0.3) is 0 Å². The highest BCUT2D eigenvalue weighted by Gasteiger charge is 2.30. The van der Waals surface area contributed by atoms with Crippen LogP contribution in [0, 0.1) is 5.92 Å². The molecule has 0 unspecified atom stereocenters. The number of rotatable bonds is 9. The summed E-state index contributed by atoms with van der Waals surface area (Å²) in [4.78, 5) is 36.1. The molecule has 2 aromatic rings. The van der Waals surface area contributed by atoms with Crippen LogP contribution in [0.15, 0.2) is 48.5 Å². The Kier molecular flexibility index (Phi) is 7.48. The fraction of sp³-hybridized carbons (Fsp3) is 0.375. The molecular formula is C24H28N2O6. The van der Waals surface area contributed by atoms with E-state index in [1.54, 1.807) is 0 Å². The molecule has 8 heteroatoms. The summed E-state index contributed by atoms with van der Waals surface area (Å²) >= 11 is 0. The Labute approximate surface area is 186 Å². The zero-order valence-electron chi connectivity index (χ0n) is 18.1. The van der Waals surface area contributed by atoms with Gasteiger partial charge in [-0.2, -0.15) is 0 Å². The minimum absolute atomic E-state index is 0.0528. The van der Waals surface area contributed by atoms with Crippen molar-refractivity contribution >= 4 is 18.0 Å². The van der Waals surface area contributed by atoms with E-state index >= 15 is 0 Å². The lowest BCUT2D eigenvalue weighted by atomic mass is 9.98. The van der Waals surface area contributed by atoms with Gasteiger partial charge in [-0.05, 0) is 34.6 Å². The van der Waals surface area contributed by atoms with Crippen molar-refractivity contribution in [3.63, 3.8) is 0 Å². The Balaban J connectivity index is 1.67. The number of hydrogen-bond donors (Lipinski definition) is 4. The van der Waals surface area contributed by atoms with Crippen LogP contribution in [0.1, 0.15) is 37.3 Å². The van der Waals surface area contributed by atoms with E-state index in [2.05, 4.69) is 10.6 Å². The molecule has 1 aliphatic carbocycles. The van der Waals surface area contributed by atoms with Gasteiger partial charge in [-0.15, -0.1) is 0 Å². The number of carbonyl (C=O) groups is 3. The molecule has 2 amide bonds. The summed E-state index contributed by atoms with van der Waals surface area (Å²) in [7, 11) is 0. The van der Waals surface area contributed by atoms with Crippen LogP contribution in [0.5, 0.6) is 0 Å². The summed E-state index contributed by atoms with van der Waals surface area (Å²) in [6, 6.07) is 13.5. The Morgan fingerprint density at radius 3 is 2.00 bits per heavy atom. The van der Waals surface area contributed by atoms with Gasteiger partial charge in [0.2, 0.25) is 5.91 Å². The van der Waals surface area contributed by atoms with E-state index in [1.165, 1.54) is 0 Å². The number of hydrogen-bond acceptors (Lipinski definition) is 5. The molecular weight excluding hydrogens is 412 g/mol. The Hall–Kier alpha value is -3.39. The van der Waals surface area contributed by atoms with Crippen molar-refractivity contribution in [2.45, 2.75) is 38.3 Å². The average molecular weight is 440 g/mol. The first kappa shape index (κ1) is 23.3. The van der Waals surface area contributed by atoms with E-state index in [4.69, 9.17) is 14.9 Å². The Bertz CT molecular complexity index is 944. The van der Waals surface area contributed by atoms with Crippen LogP contribution in [-0.4, -0.2) is 53.5 Å². The topological polar surface area (TPSA) is 125 Å². The third kappa shape index (κ3) is 5.26. The zero-order chi connectivity index (χ0) is 23.3. The number of ether oxygens (including phenoxy) is 1. The van der Waals surface area contributed by atoms with E-state index in [1.807, 2.05) is 62.4 Å². The molecule has 0 fully saturated rings. The van der Waals surface area contributed by atoms with Crippen molar-refractivity contribution < 1.29 is 29.3 Å². The van der Waals surface area contributed by atoms with Gasteiger partial charge in [0.05, 0.1) is 6.61 Å². The molecule has 0 saturated carbocycles. The van der Waals surface area contributed by atoms with Crippen LogP contribution in [0.3, 0.4) is 0 Å². The number of benzene rings is 2. The second-order valence-electron chi connectivity index (χ2n) is 8.23. The van der Waals surface area contributed by atoms with Gasteiger partial charge in [0.15, 0.2) is 0 Å². The summed E-state index contributed by atoms with van der Waals surface area (Å²) in [5.41, 5.74) is 4.37. The first-order chi connectivity index (χ1) is 15.3. The molecule has 4 N–H and O–H groups in total. The smallest absolute Gasteiger partial charge is 0.407 e. The van der Waals surface area contributed by atoms with E-state index in [0.717, 1.165) is 22.3 Å². The Morgan fingerprint density at radius 2 is 1.50 bits per heavy atom. The maximum atomic E-state index is 12.5. The van der Waals surface area contributed by atoms with Crippen molar-refractivity contribution in [3.05, 3.63) is 59.7 Å². The molecule has 0 spiro atoms. The number of aliphatic carboxylic acids is 1. The van der Waals surface area contributed by atoms with E-state index in [9.17, 15) is 14.4 Å². The molecule has 3 rings (SSSR count). The summed E-state index contributed by atoms with van der Waals surface area (Å²) in [6.45, 7) is 3.10. The van der Waals surface area contributed by atoms with Gasteiger partial charge >= 0.3 is 12.1 Å². The number of carboxylic acids is 1. The second-order valence-corrected chi connectivity index (χ2v) is 8.23. The number of carboxylic acid groups (broad SMARTS) is 1. The van der Waals surface area contributed by atoms with Gasteiger partial charge in [-0.1, -0.05) is 62.4 Å². The quantitative estimate of drug-likeness (QED) is 0.475. The van der Waals surface area contributed by atoms with Crippen molar-refractivity contribution in [3.8, 4) is 11.1 Å². The highest BCUT2D eigenvalue weighted by molar-refractivity contribution is 5.89. The van der Waals surface area contributed by atoms with Gasteiger partial charge < -0.3 is 25.6 Å². The van der Waals surface area contributed by atoms with Crippen molar-refractivity contribution in [1.29, 1.82) is 0 Å². The molecule has 0 aliphatic heterocycles. The van der Waals surface area contributed by atoms with E-state index in [-0.39, 0.29) is 24.9 Å². The number of fused-ring (bicyclic) bond motifs is 3. The molecule has 8 nitrogen and oxygen atoms in total. The van der Waals surface area contributed by atoms with Crippen LogP contribution in [0.25, 0.3) is 11.1 Å². The van der Waals surface area contributed by atoms with Gasteiger partial charge in [-0.25, -0.2) is 9.59 Å². The Morgan fingerprint density at radius 1 is 0.938 bits per heavy atom. The lowest BCUT2D eigenvalue weighted by molar-refractivity contribution is -0.143. The van der Waals surface area contributed by atoms with Crippen LogP contribution in [0.4, 0.5) is 4.79 Å². The van der Waals surface area contributed by atoms with Gasteiger partial charge in [-0.3, -0.25) is 4.79 Å². The summed E-state index contributed by atoms with van der Waals surface area (Å²) in [5, 5.41) is 23.0. The minimum atomic E-state index is -1.44. The number of alkyl carbamates (subject to hydrolysis) is 1. The number of amides is 2. The van der Waals surface area contributed by atoms with Crippen LogP contribution in [0.2, 0.25) is 0 Å². The number of aliphatic hydroxyl groups is 1. The molecule has 2 atom stereocenters. The van der Waals surface area contributed by atoms with Crippen molar-refractivity contribution in [2.75, 3.05) is 13.2 Å². The summed E-state index contributed by atoms with van der Waals surface area (Å²) < 4.78 is 5.48. The van der Waals surface area contributed by atoms with E-state index in [0.29, 0.717) is 0 Å². The molecule has 0 aromatic heterocycles. The lowest BCUT2D eigenvalue weighted by Crippen LogP contribution is -2.53. The molecule has 170 valence electrons. The van der Waals surface area contributed by atoms with Crippen molar-refractivity contribution in [2.24, 2.45) is 5.92 Å². The normalized spacial score (nSPS) is 14.2. The highest BCUT2D eigenvalue weighted by atomic mass is 16.5. The fourth-order valence-electron chi connectivity index (χ4n) is 3.94. The highest BCUT2D eigenvalue weighted by Crippen LogP contribution is 2.44. The molecule has 0 radical (unpaired) electrons. The second kappa shape index (κ2) is 10.3.